The predicted molar refractivity (Wildman–Crippen MR) is 66.0 cm³/mol. The first-order valence-corrected chi connectivity index (χ1v) is 6.48. The zero-order chi connectivity index (χ0) is 14.0. The fourth-order valence-electron chi connectivity index (χ4n) is 1.63. The molecule has 0 radical (unpaired) electrons. The van der Waals surface area contributed by atoms with Crippen LogP contribution in [0.1, 0.15) is 0 Å². The van der Waals surface area contributed by atoms with Gasteiger partial charge in [-0.2, -0.15) is 0 Å². The van der Waals surface area contributed by atoms with Crippen molar-refractivity contribution in [2.75, 3.05) is 16.9 Å². The molecule has 0 aromatic heterocycles. The number of carbonyl (C=O) groups excluding carboxylic acids is 1. The number of carboxylic acids is 1. The van der Waals surface area contributed by atoms with E-state index in [9.17, 15) is 18.4 Å². The number of nitrogens with one attached hydrogen (secondary N) is 1. The van der Waals surface area contributed by atoms with E-state index in [0.717, 1.165) is 11.0 Å². The van der Waals surface area contributed by atoms with E-state index in [1.165, 1.54) is 23.9 Å². The first-order chi connectivity index (χ1) is 9.00. The predicted octanol–water partition coefficient (Wildman–Crippen LogP) is 1.96. The van der Waals surface area contributed by atoms with Crippen LogP contribution in [0.2, 0.25) is 0 Å². The smallest absolute Gasteiger partial charge is 0.327 e. The lowest BCUT2D eigenvalue weighted by atomic mass is 10.3. The van der Waals surface area contributed by atoms with Gasteiger partial charge in [-0.1, -0.05) is 6.07 Å². The first-order valence-electron chi connectivity index (χ1n) is 5.33. The second-order valence-electron chi connectivity index (χ2n) is 3.86. The van der Waals surface area contributed by atoms with Crippen LogP contribution in [0.25, 0.3) is 0 Å². The number of halogens is 2. The van der Waals surface area contributed by atoms with Crippen LogP contribution in [0, 0.1) is 11.6 Å². The Bertz CT molecular complexity index is 527. The lowest BCUT2D eigenvalue weighted by Crippen LogP contribution is -2.44. The van der Waals surface area contributed by atoms with Crippen molar-refractivity contribution in [1.82, 2.24) is 4.90 Å². The van der Waals surface area contributed by atoms with Gasteiger partial charge in [-0.05, 0) is 12.1 Å². The Morgan fingerprint density at radius 3 is 2.84 bits per heavy atom. The first kappa shape index (κ1) is 13.6. The molecule has 0 bridgehead atoms. The number of hydrogen-bond acceptors (Lipinski definition) is 3. The van der Waals surface area contributed by atoms with Gasteiger partial charge < -0.3 is 15.3 Å². The minimum Gasteiger partial charge on any atom is -0.480 e. The highest BCUT2D eigenvalue weighted by Crippen LogP contribution is 2.23. The molecule has 2 N–H and O–H groups in total. The van der Waals surface area contributed by atoms with Gasteiger partial charge in [0.2, 0.25) is 0 Å². The van der Waals surface area contributed by atoms with E-state index in [-0.39, 0.29) is 17.3 Å². The van der Waals surface area contributed by atoms with Gasteiger partial charge in [0.05, 0.1) is 11.6 Å². The van der Waals surface area contributed by atoms with Crippen LogP contribution in [0.3, 0.4) is 0 Å². The van der Waals surface area contributed by atoms with Gasteiger partial charge in [0, 0.05) is 5.75 Å². The third-order valence-corrected chi connectivity index (χ3v) is 3.63. The summed E-state index contributed by atoms with van der Waals surface area (Å²) in [6.07, 6.45) is 0. The number of amides is 2. The van der Waals surface area contributed by atoms with Crippen LogP contribution in [0.4, 0.5) is 19.3 Å². The molecular formula is C11H10F2N2O3S. The zero-order valence-corrected chi connectivity index (χ0v) is 10.4. The van der Waals surface area contributed by atoms with Crippen LogP contribution in [-0.4, -0.2) is 39.7 Å². The number of rotatable bonds is 2. The third kappa shape index (κ3) is 2.78. The maximum Gasteiger partial charge on any atom is 0.327 e. The van der Waals surface area contributed by atoms with Crippen LogP contribution in [-0.2, 0) is 4.79 Å². The Labute approximate surface area is 111 Å². The third-order valence-electron chi connectivity index (χ3n) is 2.62. The molecule has 0 aliphatic carbocycles. The summed E-state index contributed by atoms with van der Waals surface area (Å²) in [6, 6.07) is 1.66. The van der Waals surface area contributed by atoms with E-state index in [1.54, 1.807) is 0 Å². The highest BCUT2D eigenvalue weighted by atomic mass is 32.2. The van der Waals surface area contributed by atoms with Crippen LogP contribution >= 0.6 is 11.8 Å². The van der Waals surface area contributed by atoms with Crippen molar-refractivity contribution in [3.63, 3.8) is 0 Å². The molecule has 19 heavy (non-hydrogen) atoms. The Balaban J connectivity index is 2.13. The highest BCUT2D eigenvalue weighted by molar-refractivity contribution is 7.99. The molecule has 8 heteroatoms. The Hall–Kier alpha value is -1.83. The molecule has 5 nitrogen and oxygen atoms in total. The van der Waals surface area contributed by atoms with Crippen molar-refractivity contribution in [1.29, 1.82) is 0 Å². The molecule has 102 valence electrons. The molecule has 2 amide bonds. The molecule has 0 spiro atoms. The van der Waals surface area contributed by atoms with Gasteiger partial charge in [0.1, 0.15) is 6.04 Å². The minimum absolute atomic E-state index is 0.194. The lowest BCUT2D eigenvalue weighted by molar-refractivity contribution is -0.140. The Kier molecular flexibility index (Phi) is 3.89. The lowest BCUT2D eigenvalue weighted by Gasteiger charge is -2.21. The summed E-state index contributed by atoms with van der Waals surface area (Å²) in [4.78, 5) is 23.8. The molecule has 1 aromatic rings. The van der Waals surface area contributed by atoms with Gasteiger partial charge in [-0.15, -0.1) is 11.8 Å². The van der Waals surface area contributed by atoms with Gasteiger partial charge in [0.15, 0.2) is 11.6 Å². The van der Waals surface area contributed by atoms with Crippen LogP contribution in [0.5, 0.6) is 0 Å². The number of aliphatic carboxylic acids is 1. The van der Waals surface area contributed by atoms with Gasteiger partial charge in [0.25, 0.3) is 0 Å². The van der Waals surface area contributed by atoms with E-state index in [2.05, 4.69) is 5.32 Å². The fourth-order valence-corrected chi connectivity index (χ4v) is 2.78. The molecule has 1 heterocycles. The van der Waals surface area contributed by atoms with E-state index in [0.29, 0.717) is 0 Å². The minimum atomic E-state index is -1.17. The second-order valence-corrected chi connectivity index (χ2v) is 4.86. The number of hydrogen-bond donors (Lipinski definition) is 2. The summed E-state index contributed by atoms with van der Waals surface area (Å²) in [5, 5.41) is 11.1. The standard InChI is InChI=1S/C11H10F2N2O3S/c12-6-2-1-3-7(9(6)13)14-11(18)15-5-19-4-8(15)10(16)17/h1-3,8H,4-5H2,(H,14,18)(H,16,17). The Morgan fingerprint density at radius 2 is 2.16 bits per heavy atom. The quantitative estimate of drug-likeness (QED) is 0.872. The van der Waals surface area contributed by atoms with Crippen molar-refractivity contribution in [2.45, 2.75) is 6.04 Å². The molecule has 1 aromatic carbocycles. The average molecular weight is 288 g/mol. The van der Waals surface area contributed by atoms with Crippen molar-refractivity contribution in [3.8, 4) is 0 Å². The topological polar surface area (TPSA) is 69.6 Å². The average Bonchev–Trinajstić information content (AvgIpc) is 2.84. The highest BCUT2D eigenvalue weighted by Gasteiger charge is 2.34. The van der Waals surface area contributed by atoms with Crippen molar-refractivity contribution < 1.29 is 23.5 Å². The number of anilines is 1. The number of carbonyl (C=O) groups is 2. The summed E-state index contributed by atoms with van der Waals surface area (Å²) in [7, 11) is 0. The van der Waals surface area contributed by atoms with Crippen molar-refractivity contribution in [3.05, 3.63) is 29.8 Å². The normalized spacial score (nSPS) is 18.4. The maximum atomic E-state index is 13.4. The fraction of sp³-hybridized carbons (Fsp3) is 0.273. The summed E-state index contributed by atoms with van der Waals surface area (Å²) in [6.45, 7) is 0. The van der Waals surface area contributed by atoms with E-state index < -0.39 is 29.7 Å². The van der Waals surface area contributed by atoms with E-state index in [1.807, 2.05) is 0 Å². The second kappa shape index (κ2) is 5.43. The van der Waals surface area contributed by atoms with Crippen LogP contribution in [0.15, 0.2) is 18.2 Å². The monoisotopic (exact) mass is 288 g/mol. The zero-order valence-electron chi connectivity index (χ0n) is 9.60. The molecule has 1 unspecified atom stereocenters. The number of benzene rings is 1. The number of carboxylic acid groups (broad SMARTS) is 1. The Morgan fingerprint density at radius 1 is 1.42 bits per heavy atom. The van der Waals surface area contributed by atoms with E-state index in [4.69, 9.17) is 5.11 Å². The van der Waals surface area contributed by atoms with Crippen LogP contribution < -0.4 is 5.32 Å². The summed E-state index contributed by atoms with van der Waals surface area (Å²) in [5.41, 5.74) is -0.314. The number of thioether (sulfide) groups is 1. The van der Waals surface area contributed by atoms with Gasteiger partial charge >= 0.3 is 12.0 Å². The molecule has 1 aliphatic heterocycles. The van der Waals surface area contributed by atoms with Gasteiger partial charge in [-0.3, -0.25) is 0 Å². The van der Waals surface area contributed by atoms with Crippen molar-refractivity contribution in [2.24, 2.45) is 0 Å². The summed E-state index contributed by atoms with van der Waals surface area (Å²) in [5.74, 6) is -2.91. The largest absolute Gasteiger partial charge is 0.480 e. The molecule has 0 saturated carbocycles. The maximum absolute atomic E-state index is 13.4. The molecule has 2 rings (SSSR count). The molecular weight excluding hydrogens is 278 g/mol. The SMILES string of the molecule is O=C(O)C1CSCN1C(=O)Nc1cccc(F)c1F. The summed E-state index contributed by atoms with van der Waals surface area (Å²) < 4.78 is 26.3. The molecule has 1 fully saturated rings. The molecule has 1 saturated heterocycles. The van der Waals surface area contributed by atoms with Gasteiger partial charge in [-0.25, -0.2) is 18.4 Å². The molecule has 1 atom stereocenters. The number of urea groups is 1. The molecule has 1 aliphatic rings. The summed E-state index contributed by atoms with van der Waals surface area (Å²) >= 11 is 1.28. The van der Waals surface area contributed by atoms with E-state index >= 15 is 0 Å². The number of nitrogens with zero attached hydrogens (tertiary/aromatic N) is 1. The van der Waals surface area contributed by atoms with Crippen molar-refractivity contribution >= 4 is 29.4 Å².